The van der Waals surface area contributed by atoms with Crippen LogP contribution in [0, 0.1) is 0 Å². The van der Waals surface area contributed by atoms with Crippen LogP contribution in [0.3, 0.4) is 0 Å². The monoisotopic (exact) mass is 267 g/mol. The predicted molar refractivity (Wildman–Crippen MR) is 75.3 cm³/mol. The summed E-state index contributed by atoms with van der Waals surface area (Å²) in [5.41, 5.74) is 1.65. The fourth-order valence-corrected chi connectivity index (χ4v) is 2.13. The lowest BCUT2D eigenvalue weighted by atomic mass is 10.2. The first-order chi connectivity index (χ1) is 8.69. The Labute approximate surface area is 112 Å². The molecule has 1 aliphatic rings. The molecule has 2 rings (SSSR count). The van der Waals surface area contributed by atoms with Crippen molar-refractivity contribution in [3.05, 3.63) is 23.2 Å². The number of halogens is 1. The molecule has 0 saturated carbocycles. The highest BCUT2D eigenvalue weighted by atomic mass is 35.5. The Morgan fingerprint density at radius 3 is 3.06 bits per heavy atom. The molecule has 3 N–H and O–H groups in total. The fraction of sp³-hybridized carbons (Fsp3) is 0.462. The van der Waals surface area contributed by atoms with E-state index in [4.69, 9.17) is 11.6 Å². The van der Waals surface area contributed by atoms with E-state index < -0.39 is 0 Å². The van der Waals surface area contributed by atoms with Gasteiger partial charge in [-0.2, -0.15) is 0 Å². The zero-order valence-corrected chi connectivity index (χ0v) is 11.2. The van der Waals surface area contributed by atoms with Crippen molar-refractivity contribution in [3.63, 3.8) is 0 Å². The van der Waals surface area contributed by atoms with Crippen molar-refractivity contribution in [2.45, 2.75) is 25.8 Å². The molecular formula is C13H18ClN3O. The molecular weight excluding hydrogens is 250 g/mol. The summed E-state index contributed by atoms with van der Waals surface area (Å²) in [4.78, 5) is 11.3. The van der Waals surface area contributed by atoms with Crippen LogP contribution in [-0.4, -0.2) is 25.0 Å². The molecule has 1 unspecified atom stereocenters. The van der Waals surface area contributed by atoms with E-state index in [1.807, 2.05) is 19.1 Å². The molecule has 98 valence electrons. The molecule has 1 aromatic carbocycles. The number of hydrogen-bond acceptors (Lipinski definition) is 3. The Balaban J connectivity index is 2.08. The maximum absolute atomic E-state index is 11.3. The molecule has 1 saturated heterocycles. The minimum atomic E-state index is 0.00538. The number of carbonyl (C=O) groups is 1. The van der Waals surface area contributed by atoms with Crippen LogP contribution in [0.1, 0.15) is 19.8 Å². The minimum absolute atomic E-state index is 0.00538. The number of carbonyl (C=O) groups excluding carboxylic acids is 1. The predicted octanol–water partition coefficient (Wildman–Crippen LogP) is 2.46. The summed E-state index contributed by atoms with van der Waals surface area (Å²) < 4.78 is 0. The fourth-order valence-electron chi connectivity index (χ4n) is 1.96. The maximum Gasteiger partial charge on any atom is 0.224 e. The molecule has 1 atom stereocenters. The molecule has 0 spiro atoms. The van der Waals surface area contributed by atoms with Gasteiger partial charge >= 0.3 is 0 Å². The quantitative estimate of drug-likeness (QED) is 0.786. The van der Waals surface area contributed by atoms with Crippen molar-refractivity contribution in [1.29, 1.82) is 0 Å². The highest BCUT2D eigenvalue weighted by molar-refractivity contribution is 6.33. The van der Waals surface area contributed by atoms with Crippen molar-refractivity contribution in [1.82, 2.24) is 5.32 Å². The summed E-state index contributed by atoms with van der Waals surface area (Å²) in [6.07, 6.45) is 1.56. The van der Waals surface area contributed by atoms with Crippen molar-refractivity contribution in [2.75, 3.05) is 23.7 Å². The number of amides is 1. The van der Waals surface area contributed by atoms with Gasteiger partial charge in [-0.05, 0) is 31.2 Å². The summed E-state index contributed by atoms with van der Waals surface area (Å²) in [6, 6.07) is 5.90. The lowest BCUT2D eigenvalue weighted by molar-refractivity contribution is -0.115. The molecule has 4 nitrogen and oxygen atoms in total. The summed E-state index contributed by atoms with van der Waals surface area (Å²) >= 11 is 6.15. The molecule has 1 amide bonds. The first-order valence-corrected chi connectivity index (χ1v) is 6.63. The largest absolute Gasteiger partial charge is 0.380 e. The molecule has 1 heterocycles. The van der Waals surface area contributed by atoms with E-state index >= 15 is 0 Å². The lowest BCUT2D eigenvalue weighted by Gasteiger charge is -2.15. The maximum atomic E-state index is 11.3. The van der Waals surface area contributed by atoms with Crippen LogP contribution in [0.15, 0.2) is 18.2 Å². The zero-order chi connectivity index (χ0) is 13.0. The summed E-state index contributed by atoms with van der Waals surface area (Å²) in [5.74, 6) is 0.00538. The van der Waals surface area contributed by atoms with Crippen LogP contribution in [0.5, 0.6) is 0 Å². The number of nitrogens with one attached hydrogen (secondary N) is 3. The van der Waals surface area contributed by atoms with Crippen LogP contribution in [-0.2, 0) is 4.79 Å². The Morgan fingerprint density at radius 2 is 2.39 bits per heavy atom. The van der Waals surface area contributed by atoms with E-state index in [1.165, 1.54) is 0 Å². The third-order valence-corrected chi connectivity index (χ3v) is 3.32. The Kier molecular flexibility index (Phi) is 4.44. The molecule has 1 aromatic rings. The summed E-state index contributed by atoms with van der Waals surface area (Å²) in [7, 11) is 0. The van der Waals surface area contributed by atoms with Crippen molar-refractivity contribution < 1.29 is 4.79 Å². The second-order valence-electron chi connectivity index (χ2n) is 4.43. The van der Waals surface area contributed by atoms with Gasteiger partial charge in [0.1, 0.15) is 0 Å². The molecule has 0 aromatic heterocycles. The van der Waals surface area contributed by atoms with Crippen LogP contribution < -0.4 is 16.0 Å². The molecule has 0 bridgehead atoms. The van der Waals surface area contributed by atoms with Crippen LogP contribution in [0.2, 0.25) is 5.02 Å². The Morgan fingerprint density at radius 1 is 1.56 bits per heavy atom. The van der Waals surface area contributed by atoms with Gasteiger partial charge in [-0.3, -0.25) is 4.79 Å². The number of anilines is 2. The second-order valence-corrected chi connectivity index (χ2v) is 4.84. The highest BCUT2D eigenvalue weighted by Gasteiger charge is 2.15. The van der Waals surface area contributed by atoms with Gasteiger partial charge in [0.25, 0.3) is 0 Å². The molecule has 0 aliphatic carbocycles. The van der Waals surface area contributed by atoms with Gasteiger partial charge in [0, 0.05) is 24.7 Å². The standard InChI is InChI=1S/C13H18ClN3O/c1-2-13(18)17-9-3-4-11(14)12(7-9)16-10-5-6-15-8-10/h3-4,7,10,15-16H,2,5-6,8H2,1H3,(H,17,18). The molecule has 18 heavy (non-hydrogen) atoms. The van der Waals surface area contributed by atoms with E-state index in [-0.39, 0.29) is 5.91 Å². The normalized spacial score (nSPS) is 18.7. The smallest absolute Gasteiger partial charge is 0.224 e. The van der Waals surface area contributed by atoms with E-state index in [9.17, 15) is 4.79 Å². The van der Waals surface area contributed by atoms with Crippen molar-refractivity contribution in [2.24, 2.45) is 0 Å². The number of benzene rings is 1. The first-order valence-electron chi connectivity index (χ1n) is 6.25. The van der Waals surface area contributed by atoms with Gasteiger partial charge < -0.3 is 16.0 Å². The minimum Gasteiger partial charge on any atom is -0.380 e. The second kappa shape index (κ2) is 6.07. The van der Waals surface area contributed by atoms with Crippen molar-refractivity contribution in [3.8, 4) is 0 Å². The molecule has 1 fully saturated rings. The SMILES string of the molecule is CCC(=O)Nc1ccc(Cl)c(NC2CCNC2)c1. The van der Waals surface area contributed by atoms with Gasteiger partial charge in [-0.1, -0.05) is 18.5 Å². The number of hydrogen-bond donors (Lipinski definition) is 3. The van der Waals surface area contributed by atoms with Crippen LogP contribution in [0.4, 0.5) is 11.4 Å². The van der Waals surface area contributed by atoms with Crippen molar-refractivity contribution >= 4 is 28.9 Å². The number of rotatable bonds is 4. The van der Waals surface area contributed by atoms with Gasteiger partial charge in [0.05, 0.1) is 10.7 Å². The molecule has 5 heteroatoms. The summed E-state index contributed by atoms with van der Waals surface area (Å²) in [5, 5.41) is 10.2. The van der Waals surface area contributed by atoms with Crippen LogP contribution in [0.25, 0.3) is 0 Å². The highest BCUT2D eigenvalue weighted by Crippen LogP contribution is 2.27. The average molecular weight is 268 g/mol. The molecule has 1 aliphatic heterocycles. The van der Waals surface area contributed by atoms with Gasteiger partial charge in [-0.25, -0.2) is 0 Å². The lowest BCUT2D eigenvalue weighted by Crippen LogP contribution is -2.22. The Bertz CT molecular complexity index is 430. The molecule has 0 radical (unpaired) electrons. The summed E-state index contributed by atoms with van der Waals surface area (Å²) in [6.45, 7) is 3.80. The van der Waals surface area contributed by atoms with Gasteiger partial charge in [0.15, 0.2) is 0 Å². The first kappa shape index (κ1) is 13.2. The topological polar surface area (TPSA) is 53.2 Å². The van der Waals surface area contributed by atoms with E-state index in [1.54, 1.807) is 6.07 Å². The zero-order valence-electron chi connectivity index (χ0n) is 10.4. The average Bonchev–Trinajstić information content (AvgIpc) is 2.86. The van der Waals surface area contributed by atoms with Gasteiger partial charge in [0.2, 0.25) is 5.91 Å². The third kappa shape index (κ3) is 3.37. The van der Waals surface area contributed by atoms with Gasteiger partial charge in [-0.15, -0.1) is 0 Å². The van der Waals surface area contributed by atoms with E-state index in [0.29, 0.717) is 17.5 Å². The van der Waals surface area contributed by atoms with E-state index in [2.05, 4.69) is 16.0 Å². The Hall–Kier alpha value is -1.26. The van der Waals surface area contributed by atoms with Crippen LogP contribution >= 0.6 is 11.6 Å². The van der Waals surface area contributed by atoms with E-state index in [0.717, 1.165) is 30.9 Å². The third-order valence-electron chi connectivity index (χ3n) is 2.99.